The van der Waals surface area contributed by atoms with E-state index in [0.717, 1.165) is 63.0 Å². The van der Waals surface area contributed by atoms with Gasteiger partial charge in [-0.3, -0.25) is 4.79 Å². The van der Waals surface area contributed by atoms with Crippen LogP contribution in [0.25, 0.3) is 0 Å². The number of carbonyl (C=O) groups is 1. The van der Waals surface area contributed by atoms with E-state index in [2.05, 4.69) is 54.6 Å². The van der Waals surface area contributed by atoms with E-state index >= 15 is 0 Å². The van der Waals surface area contributed by atoms with Crippen molar-refractivity contribution >= 4 is 5.97 Å². The molecule has 0 unspecified atom stereocenters. The highest BCUT2D eigenvalue weighted by Crippen LogP contribution is 2.48. The molecular formula is C40H55NO4. The molecule has 0 aromatic heterocycles. The molecule has 2 aromatic rings. The van der Waals surface area contributed by atoms with Gasteiger partial charge in [-0.1, -0.05) is 85.9 Å². The van der Waals surface area contributed by atoms with Crippen LogP contribution in [0.5, 0.6) is 5.75 Å². The molecule has 0 aliphatic heterocycles. The summed E-state index contributed by atoms with van der Waals surface area (Å²) in [5.41, 5.74) is 10.3. The summed E-state index contributed by atoms with van der Waals surface area (Å²) in [4.78, 5) is 12.8. The zero-order chi connectivity index (χ0) is 31.6. The standard InChI is InChI=1S/C40H55NO4/c41-24-22-30-17-16-29(25-30)9-3-1-2-4-11-32-12-5-6-15-38(39(44)45)40(23-8-14-36(43)28-40)34-13-7-10-31(26-34)27-37(32)33-18-20-35(42)21-19-33/h5-7,10,13,18-21,25-26,29,32,36-38,42-43H,1-4,8-9,11-12,14-17,22-24,27-28,41H2,(H,44,45)/b6-5+/t29-,32+,36+,37+,38-,40+/m0/s1. The Hall–Kier alpha value is -2.89. The molecule has 6 atom stereocenters. The summed E-state index contributed by atoms with van der Waals surface area (Å²) < 4.78 is 0. The van der Waals surface area contributed by atoms with E-state index in [-0.39, 0.29) is 11.7 Å². The number of hydrogen-bond acceptors (Lipinski definition) is 4. The minimum atomic E-state index is -0.765. The second kappa shape index (κ2) is 16.1. The molecular weight excluding hydrogens is 558 g/mol. The third-order valence-electron chi connectivity index (χ3n) is 11.2. The van der Waals surface area contributed by atoms with Crippen LogP contribution >= 0.6 is 0 Å². The van der Waals surface area contributed by atoms with Gasteiger partial charge in [0, 0.05) is 5.41 Å². The van der Waals surface area contributed by atoms with Crippen LogP contribution in [0.15, 0.2) is 72.3 Å². The van der Waals surface area contributed by atoms with Crippen molar-refractivity contribution < 1.29 is 20.1 Å². The van der Waals surface area contributed by atoms with Gasteiger partial charge in [-0.2, -0.15) is 0 Å². The fourth-order valence-corrected chi connectivity index (χ4v) is 8.81. The maximum absolute atomic E-state index is 12.8. The van der Waals surface area contributed by atoms with Gasteiger partial charge in [0.25, 0.3) is 0 Å². The van der Waals surface area contributed by atoms with Gasteiger partial charge in [-0.25, -0.2) is 0 Å². The van der Waals surface area contributed by atoms with Crippen LogP contribution in [-0.2, 0) is 16.6 Å². The lowest BCUT2D eigenvalue weighted by Gasteiger charge is -2.44. The van der Waals surface area contributed by atoms with Crippen LogP contribution in [0.4, 0.5) is 0 Å². The molecule has 0 heterocycles. The van der Waals surface area contributed by atoms with Gasteiger partial charge in [0.05, 0.1) is 12.0 Å². The van der Waals surface area contributed by atoms with E-state index < -0.39 is 23.4 Å². The Bertz CT molecular complexity index is 1300. The van der Waals surface area contributed by atoms with Crippen LogP contribution in [0.3, 0.4) is 0 Å². The lowest BCUT2D eigenvalue weighted by atomic mass is 9.60. The number of phenolic OH excluding ortho intramolecular Hbond substituents is 1. The van der Waals surface area contributed by atoms with Gasteiger partial charge in [-0.15, -0.1) is 0 Å². The monoisotopic (exact) mass is 613 g/mol. The molecule has 5 heteroatoms. The number of aliphatic hydroxyl groups excluding tert-OH is 1. The van der Waals surface area contributed by atoms with Crippen molar-refractivity contribution in [2.45, 2.75) is 120 Å². The number of allylic oxidation sites excluding steroid dienone is 3. The fraction of sp³-hybridized carbons (Fsp3) is 0.575. The van der Waals surface area contributed by atoms with E-state index in [1.807, 2.05) is 0 Å². The predicted octanol–water partition coefficient (Wildman–Crippen LogP) is 8.58. The zero-order valence-corrected chi connectivity index (χ0v) is 27.1. The van der Waals surface area contributed by atoms with Crippen LogP contribution < -0.4 is 5.73 Å². The molecule has 2 aromatic carbocycles. The van der Waals surface area contributed by atoms with E-state index in [4.69, 9.17) is 5.73 Å². The zero-order valence-electron chi connectivity index (χ0n) is 27.1. The Kier molecular flexibility index (Phi) is 12.0. The summed E-state index contributed by atoms with van der Waals surface area (Å²) in [5, 5.41) is 31.3. The topological polar surface area (TPSA) is 104 Å². The number of fused-ring (bicyclic) bond motifs is 3. The smallest absolute Gasteiger partial charge is 0.307 e. The van der Waals surface area contributed by atoms with E-state index in [1.54, 1.807) is 17.7 Å². The minimum Gasteiger partial charge on any atom is -0.508 e. The quantitative estimate of drug-likeness (QED) is 0.150. The molecule has 244 valence electrons. The molecule has 0 saturated heterocycles. The molecule has 0 amide bonds. The fourth-order valence-electron chi connectivity index (χ4n) is 8.81. The highest BCUT2D eigenvalue weighted by molar-refractivity contribution is 5.73. The average molecular weight is 614 g/mol. The second-order valence-electron chi connectivity index (χ2n) is 14.3. The highest BCUT2D eigenvalue weighted by atomic mass is 16.4. The molecule has 1 saturated carbocycles. The van der Waals surface area contributed by atoms with Crippen LogP contribution in [0.2, 0.25) is 0 Å². The lowest BCUT2D eigenvalue weighted by Crippen LogP contribution is -2.45. The molecule has 5 rings (SSSR count). The summed E-state index contributed by atoms with van der Waals surface area (Å²) in [6, 6.07) is 16.4. The summed E-state index contributed by atoms with van der Waals surface area (Å²) in [5.74, 6) is 0.402. The van der Waals surface area contributed by atoms with Crippen molar-refractivity contribution in [1.82, 2.24) is 0 Å². The van der Waals surface area contributed by atoms with Crippen LogP contribution in [0.1, 0.15) is 119 Å². The van der Waals surface area contributed by atoms with E-state index in [1.165, 1.54) is 56.1 Å². The number of aromatic hydroxyl groups is 1. The number of aliphatic carboxylic acids is 1. The number of aliphatic hydroxyl groups is 1. The highest BCUT2D eigenvalue weighted by Gasteiger charge is 2.47. The van der Waals surface area contributed by atoms with Gasteiger partial charge in [0.15, 0.2) is 0 Å². The first-order valence-corrected chi connectivity index (χ1v) is 17.7. The first-order valence-electron chi connectivity index (χ1n) is 17.7. The van der Waals surface area contributed by atoms with Crippen LogP contribution in [-0.4, -0.2) is 33.9 Å². The molecule has 0 radical (unpaired) electrons. The van der Waals surface area contributed by atoms with Gasteiger partial charge in [-0.05, 0) is 130 Å². The Morgan fingerprint density at radius 1 is 0.956 bits per heavy atom. The first-order chi connectivity index (χ1) is 21.9. The minimum absolute atomic E-state index is 0.287. The van der Waals surface area contributed by atoms with Crippen molar-refractivity contribution in [2.75, 3.05) is 6.54 Å². The first kappa shape index (κ1) is 33.5. The largest absolute Gasteiger partial charge is 0.508 e. The Morgan fingerprint density at radius 2 is 1.73 bits per heavy atom. The van der Waals surface area contributed by atoms with Crippen molar-refractivity contribution in [3.05, 3.63) is 89.0 Å². The Labute approximate surface area is 270 Å². The van der Waals surface area contributed by atoms with Gasteiger partial charge in [0.2, 0.25) is 0 Å². The number of unbranched alkanes of at least 4 members (excludes halogenated alkanes) is 3. The summed E-state index contributed by atoms with van der Waals surface area (Å²) in [6.45, 7) is 0.760. The van der Waals surface area contributed by atoms with Crippen molar-refractivity contribution in [3.8, 4) is 5.75 Å². The second-order valence-corrected chi connectivity index (χ2v) is 14.3. The third kappa shape index (κ3) is 8.68. The average Bonchev–Trinajstić information content (AvgIpc) is 3.48. The van der Waals surface area contributed by atoms with Crippen molar-refractivity contribution in [2.24, 2.45) is 23.5 Å². The number of rotatable bonds is 11. The summed E-state index contributed by atoms with van der Waals surface area (Å²) >= 11 is 0. The number of benzene rings is 2. The molecule has 3 aliphatic carbocycles. The molecule has 2 bridgehead atoms. The summed E-state index contributed by atoms with van der Waals surface area (Å²) in [7, 11) is 0. The normalized spacial score (nSPS) is 29.5. The lowest BCUT2D eigenvalue weighted by molar-refractivity contribution is -0.145. The molecule has 1 spiro atoms. The molecule has 5 nitrogen and oxygen atoms in total. The van der Waals surface area contributed by atoms with Gasteiger partial charge < -0.3 is 21.1 Å². The number of carboxylic acid groups (broad SMARTS) is 1. The van der Waals surface area contributed by atoms with E-state index in [0.29, 0.717) is 18.8 Å². The summed E-state index contributed by atoms with van der Waals surface area (Å²) in [6.07, 6.45) is 22.4. The van der Waals surface area contributed by atoms with Gasteiger partial charge in [0.1, 0.15) is 5.75 Å². The predicted molar refractivity (Wildman–Crippen MR) is 182 cm³/mol. The van der Waals surface area contributed by atoms with E-state index in [9.17, 15) is 20.1 Å². The third-order valence-corrected chi connectivity index (χ3v) is 11.2. The molecule has 1 fully saturated rings. The number of nitrogens with two attached hydrogens (primary N) is 1. The van der Waals surface area contributed by atoms with Crippen LogP contribution in [0, 0.1) is 17.8 Å². The SMILES string of the molecule is NCCC1=C[C@@H](CCCCCC[C@@H]2C/C=C/C[C@@H](C(=O)O)[C@@]3(CCC[C@@H](O)C3)c3cccc(c3)C[C@H]2c2ccc(O)cc2)CC1. The maximum Gasteiger partial charge on any atom is 0.307 e. The van der Waals surface area contributed by atoms with Crippen molar-refractivity contribution in [3.63, 3.8) is 0 Å². The van der Waals surface area contributed by atoms with Crippen molar-refractivity contribution in [1.29, 1.82) is 0 Å². The Morgan fingerprint density at radius 3 is 2.49 bits per heavy atom. The number of phenols is 1. The maximum atomic E-state index is 12.8. The number of carboxylic acids is 1. The molecule has 3 aliphatic rings. The number of hydrogen-bond donors (Lipinski definition) is 4. The Balaban J connectivity index is 1.34. The molecule has 5 N–H and O–H groups in total. The molecule has 45 heavy (non-hydrogen) atoms. The van der Waals surface area contributed by atoms with Gasteiger partial charge >= 0.3 is 5.97 Å².